The van der Waals surface area contributed by atoms with E-state index in [1.807, 2.05) is 19.1 Å². The van der Waals surface area contributed by atoms with Crippen molar-refractivity contribution in [2.75, 3.05) is 11.1 Å². The van der Waals surface area contributed by atoms with Gasteiger partial charge in [0.15, 0.2) is 0 Å². The van der Waals surface area contributed by atoms with Gasteiger partial charge in [-0.1, -0.05) is 46.9 Å². The molecule has 2 nitrogen and oxygen atoms in total. The summed E-state index contributed by atoms with van der Waals surface area (Å²) in [5, 5.41) is 4.72. The Morgan fingerprint density at radius 1 is 1.05 bits per heavy atom. The van der Waals surface area contributed by atoms with Gasteiger partial charge in [-0.3, -0.25) is 4.79 Å². The Bertz CT molecular complexity index is 671. The van der Waals surface area contributed by atoms with E-state index in [2.05, 4.69) is 5.32 Å². The van der Waals surface area contributed by atoms with Gasteiger partial charge in [-0.15, -0.1) is 11.8 Å². The van der Waals surface area contributed by atoms with Crippen LogP contribution in [-0.4, -0.2) is 11.7 Å². The summed E-state index contributed by atoms with van der Waals surface area (Å²) >= 11 is 19.7. The third-order valence-corrected chi connectivity index (χ3v) is 5.16. The van der Waals surface area contributed by atoms with E-state index in [0.717, 1.165) is 16.8 Å². The van der Waals surface area contributed by atoms with E-state index in [-0.39, 0.29) is 5.91 Å². The van der Waals surface area contributed by atoms with Crippen molar-refractivity contribution in [2.24, 2.45) is 0 Å². The van der Waals surface area contributed by atoms with Gasteiger partial charge in [0.25, 0.3) is 0 Å². The van der Waals surface area contributed by atoms with Crippen LogP contribution < -0.4 is 5.32 Å². The van der Waals surface area contributed by atoms with Crippen LogP contribution in [0.5, 0.6) is 0 Å². The molecular weight excluding hydrogens is 361 g/mol. The number of anilines is 1. The fourth-order valence-electron chi connectivity index (χ4n) is 1.85. The Morgan fingerprint density at radius 2 is 1.64 bits per heavy atom. The normalized spacial score (nSPS) is 10.5. The maximum Gasteiger partial charge on any atom is 0.234 e. The number of rotatable bonds is 5. The fourth-order valence-corrected chi connectivity index (χ4v) is 3.58. The number of thioether (sulfide) groups is 1. The van der Waals surface area contributed by atoms with E-state index in [1.54, 1.807) is 24.3 Å². The Morgan fingerprint density at radius 3 is 2.32 bits per heavy atom. The first-order valence-electron chi connectivity index (χ1n) is 6.54. The molecule has 0 saturated carbocycles. The number of carbonyl (C=O) groups excluding carboxylic acids is 1. The van der Waals surface area contributed by atoms with E-state index in [4.69, 9.17) is 34.8 Å². The zero-order valence-electron chi connectivity index (χ0n) is 11.8. The highest BCUT2D eigenvalue weighted by atomic mass is 35.5. The molecule has 6 heteroatoms. The largest absolute Gasteiger partial charge is 0.325 e. The first kappa shape index (κ1) is 17.5. The average molecular weight is 375 g/mol. The van der Waals surface area contributed by atoms with Crippen molar-refractivity contribution in [1.82, 2.24) is 0 Å². The molecule has 2 rings (SSSR count). The topological polar surface area (TPSA) is 29.1 Å². The molecule has 1 N–H and O–H groups in total. The summed E-state index contributed by atoms with van der Waals surface area (Å²) in [7, 11) is 0. The first-order valence-corrected chi connectivity index (χ1v) is 8.83. The van der Waals surface area contributed by atoms with Gasteiger partial charge >= 0.3 is 0 Å². The number of halogens is 3. The molecule has 0 bridgehead atoms. The average Bonchev–Trinajstić information content (AvgIpc) is 2.47. The third kappa shape index (κ3) is 4.56. The molecule has 2 aromatic rings. The second-order valence-corrected chi connectivity index (χ2v) is 6.86. The molecule has 0 aliphatic rings. The number of amides is 1. The van der Waals surface area contributed by atoms with Gasteiger partial charge in [-0.2, -0.15) is 0 Å². The van der Waals surface area contributed by atoms with Crippen LogP contribution in [0, 0.1) is 6.92 Å². The van der Waals surface area contributed by atoms with Gasteiger partial charge in [-0.05, 0) is 42.3 Å². The molecule has 0 unspecified atom stereocenters. The molecule has 0 radical (unpaired) electrons. The molecule has 22 heavy (non-hydrogen) atoms. The van der Waals surface area contributed by atoms with Crippen LogP contribution in [0.15, 0.2) is 36.4 Å². The van der Waals surface area contributed by atoms with E-state index in [9.17, 15) is 4.79 Å². The third-order valence-electron chi connectivity index (χ3n) is 3.08. The van der Waals surface area contributed by atoms with Crippen LogP contribution in [-0.2, 0) is 10.5 Å². The van der Waals surface area contributed by atoms with Gasteiger partial charge in [0.1, 0.15) is 0 Å². The summed E-state index contributed by atoms with van der Waals surface area (Å²) < 4.78 is 0. The number of nitrogens with one attached hydrogen (secondary N) is 1. The van der Waals surface area contributed by atoms with Crippen LogP contribution in [0.3, 0.4) is 0 Å². The van der Waals surface area contributed by atoms with Gasteiger partial charge < -0.3 is 5.32 Å². The highest BCUT2D eigenvalue weighted by Gasteiger charge is 2.09. The van der Waals surface area contributed by atoms with Gasteiger partial charge in [0, 0.05) is 26.5 Å². The first-order chi connectivity index (χ1) is 10.5. The van der Waals surface area contributed by atoms with Gasteiger partial charge in [0.05, 0.1) is 5.75 Å². The van der Waals surface area contributed by atoms with Crippen molar-refractivity contribution in [1.29, 1.82) is 0 Å². The summed E-state index contributed by atoms with van der Waals surface area (Å²) in [6, 6.07) is 10.8. The minimum absolute atomic E-state index is 0.0847. The van der Waals surface area contributed by atoms with Crippen molar-refractivity contribution in [3.05, 3.63) is 62.6 Å². The maximum absolute atomic E-state index is 12.0. The molecule has 0 spiro atoms. The van der Waals surface area contributed by atoms with Crippen molar-refractivity contribution in [2.45, 2.75) is 12.7 Å². The van der Waals surface area contributed by atoms with Crippen LogP contribution in [0.2, 0.25) is 15.1 Å². The van der Waals surface area contributed by atoms with Gasteiger partial charge in [0.2, 0.25) is 5.91 Å². The summed E-state index contributed by atoms with van der Waals surface area (Å²) in [4.78, 5) is 12.0. The molecule has 0 saturated heterocycles. The van der Waals surface area contributed by atoms with Crippen molar-refractivity contribution in [3.63, 3.8) is 0 Å². The quantitative estimate of drug-likeness (QED) is 0.713. The molecule has 0 aliphatic carbocycles. The summed E-state index contributed by atoms with van der Waals surface area (Å²) in [6.07, 6.45) is 0. The van der Waals surface area contributed by atoms with E-state index >= 15 is 0 Å². The smallest absolute Gasteiger partial charge is 0.234 e. The lowest BCUT2D eigenvalue weighted by Crippen LogP contribution is -2.15. The van der Waals surface area contributed by atoms with E-state index in [0.29, 0.717) is 26.6 Å². The predicted molar refractivity (Wildman–Crippen MR) is 97.4 cm³/mol. The van der Waals surface area contributed by atoms with Crippen molar-refractivity contribution < 1.29 is 4.79 Å². The zero-order chi connectivity index (χ0) is 16.1. The lowest BCUT2D eigenvalue weighted by molar-refractivity contribution is -0.113. The highest BCUT2D eigenvalue weighted by molar-refractivity contribution is 7.99. The Hall–Kier alpha value is -0.870. The molecule has 116 valence electrons. The molecule has 0 atom stereocenters. The Kier molecular flexibility index (Phi) is 6.45. The van der Waals surface area contributed by atoms with E-state index < -0.39 is 0 Å². The monoisotopic (exact) mass is 373 g/mol. The molecule has 0 heterocycles. The minimum atomic E-state index is -0.0847. The maximum atomic E-state index is 12.0. The number of benzene rings is 2. The minimum Gasteiger partial charge on any atom is -0.325 e. The molecule has 1 amide bonds. The molecular formula is C16H14Cl3NOS. The molecule has 2 aromatic carbocycles. The molecule has 0 aromatic heterocycles. The van der Waals surface area contributed by atoms with Crippen molar-refractivity contribution >= 4 is 58.2 Å². The second-order valence-electron chi connectivity index (χ2n) is 4.65. The fraction of sp³-hybridized carbons (Fsp3) is 0.188. The summed E-state index contributed by atoms with van der Waals surface area (Å²) in [6.45, 7) is 1.87. The van der Waals surface area contributed by atoms with Crippen LogP contribution in [0.25, 0.3) is 0 Å². The van der Waals surface area contributed by atoms with Crippen LogP contribution in [0.4, 0.5) is 5.69 Å². The number of carbonyl (C=O) groups is 1. The molecule has 0 aliphatic heterocycles. The number of hydrogen-bond donors (Lipinski definition) is 1. The standard InChI is InChI=1S/C16H14Cl3NOS/c1-10-12(17)4-3-7-15(10)20-16(21)9-22-8-11-13(18)5-2-6-14(11)19/h2-7H,8-9H2,1H3,(H,20,21). The lowest BCUT2D eigenvalue weighted by Gasteiger charge is -2.10. The van der Waals surface area contributed by atoms with Crippen LogP contribution in [0.1, 0.15) is 11.1 Å². The lowest BCUT2D eigenvalue weighted by atomic mass is 10.2. The van der Waals surface area contributed by atoms with E-state index in [1.165, 1.54) is 11.8 Å². The summed E-state index contributed by atoms with van der Waals surface area (Å²) in [5.41, 5.74) is 2.44. The Balaban J connectivity index is 1.90. The van der Waals surface area contributed by atoms with Gasteiger partial charge in [-0.25, -0.2) is 0 Å². The highest BCUT2D eigenvalue weighted by Crippen LogP contribution is 2.28. The van der Waals surface area contributed by atoms with Crippen molar-refractivity contribution in [3.8, 4) is 0 Å². The molecule has 0 fully saturated rings. The number of hydrogen-bond acceptors (Lipinski definition) is 2. The Labute approximate surface area is 149 Å². The SMILES string of the molecule is Cc1c(Cl)cccc1NC(=O)CSCc1c(Cl)cccc1Cl. The second kappa shape index (κ2) is 8.11. The van der Waals surface area contributed by atoms with Crippen LogP contribution >= 0.6 is 46.6 Å². The summed E-state index contributed by atoms with van der Waals surface area (Å²) in [5.74, 6) is 0.812. The predicted octanol–water partition coefficient (Wildman–Crippen LogP) is 5.83. The zero-order valence-corrected chi connectivity index (χ0v) is 14.9.